The van der Waals surface area contributed by atoms with Crippen LogP contribution in [0, 0.1) is 0 Å². The summed E-state index contributed by atoms with van der Waals surface area (Å²) in [6, 6.07) is 13.7. The summed E-state index contributed by atoms with van der Waals surface area (Å²) in [5, 5.41) is 2.95. The zero-order valence-corrected chi connectivity index (χ0v) is 24.6. The van der Waals surface area contributed by atoms with E-state index in [1.54, 1.807) is 36.1 Å². The van der Waals surface area contributed by atoms with Crippen molar-refractivity contribution in [2.24, 2.45) is 0 Å². The van der Waals surface area contributed by atoms with Crippen LogP contribution >= 0.6 is 15.9 Å². The van der Waals surface area contributed by atoms with E-state index in [4.69, 9.17) is 4.74 Å². The van der Waals surface area contributed by atoms with Gasteiger partial charge in [0, 0.05) is 30.0 Å². The number of nitrogens with one attached hydrogen (secondary N) is 1. The molecule has 10 heteroatoms. The predicted molar refractivity (Wildman–Crippen MR) is 151 cm³/mol. The smallest absolute Gasteiger partial charge is 0.242 e. The molecule has 2 atom stereocenters. The fourth-order valence-electron chi connectivity index (χ4n) is 3.76. The molecule has 0 bridgehead atoms. The van der Waals surface area contributed by atoms with Gasteiger partial charge in [0.2, 0.25) is 21.8 Å². The number of ether oxygens (including phenoxy) is 1. The van der Waals surface area contributed by atoms with Gasteiger partial charge in [-0.05, 0) is 75.6 Å². The standard InChI is InChI=1S/C27H38BrN3O5S/c1-6-20(3)29-27(33)21(4)30(19-22-10-8-11-23(28)18-22)26(32)12-9-17-31(37(5,34)35)24-13-15-25(16-14-24)36-7-2/h8,10-11,13-16,18,20-21H,6-7,9,12,17,19H2,1-5H3,(H,29,33). The summed E-state index contributed by atoms with van der Waals surface area (Å²) in [4.78, 5) is 27.8. The first-order chi connectivity index (χ1) is 17.5. The molecule has 2 aromatic rings. The van der Waals surface area contributed by atoms with Crippen LogP contribution in [0.4, 0.5) is 5.69 Å². The molecule has 2 aromatic carbocycles. The monoisotopic (exact) mass is 595 g/mol. The minimum absolute atomic E-state index is 0.00444. The third-order valence-electron chi connectivity index (χ3n) is 6.00. The molecule has 2 rings (SSSR count). The quantitative estimate of drug-likeness (QED) is 0.341. The highest BCUT2D eigenvalue weighted by atomic mass is 79.9. The molecule has 0 aliphatic rings. The molecule has 0 spiro atoms. The van der Waals surface area contributed by atoms with Gasteiger partial charge in [0.05, 0.1) is 18.6 Å². The number of benzene rings is 2. The second-order valence-corrected chi connectivity index (χ2v) is 11.8. The average molecular weight is 597 g/mol. The molecule has 0 saturated heterocycles. The summed E-state index contributed by atoms with van der Waals surface area (Å²) >= 11 is 3.46. The molecule has 0 aliphatic carbocycles. The van der Waals surface area contributed by atoms with Crippen LogP contribution in [0.2, 0.25) is 0 Å². The molecule has 0 aromatic heterocycles. The van der Waals surface area contributed by atoms with E-state index >= 15 is 0 Å². The van der Waals surface area contributed by atoms with E-state index in [0.29, 0.717) is 24.5 Å². The van der Waals surface area contributed by atoms with Crippen molar-refractivity contribution in [2.75, 3.05) is 23.7 Å². The van der Waals surface area contributed by atoms with Crippen molar-refractivity contribution in [1.82, 2.24) is 10.2 Å². The first-order valence-corrected chi connectivity index (χ1v) is 15.1. The maximum atomic E-state index is 13.4. The molecule has 1 N–H and O–H groups in total. The maximum Gasteiger partial charge on any atom is 0.242 e. The number of sulfonamides is 1. The molecule has 8 nitrogen and oxygen atoms in total. The molecule has 204 valence electrons. The normalized spacial score (nSPS) is 12.9. The van der Waals surface area contributed by atoms with E-state index in [0.717, 1.165) is 22.7 Å². The summed E-state index contributed by atoms with van der Waals surface area (Å²) in [5.74, 6) is 0.222. The van der Waals surface area contributed by atoms with Crippen LogP contribution in [-0.4, -0.2) is 56.6 Å². The first-order valence-electron chi connectivity index (χ1n) is 12.5. The Morgan fingerprint density at radius 3 is 2.32 bits per heavy atom. The van der Waals surface area contributed by atoms with E-state index in [9.17, 15) is 18.0 Å². The van der Waals surface area contributed by atoms with Gasteiger partial charge in [-0.3, -0.25) is 13.9 Å². The molecule has 0 fully saturated rings. The van der Waals surface area contributed by atoms with Crippen molar-refractivity contribution in [2.45, 2.75) is 65.6 Å². The lowest BCUT2D eigenvalue weighted by atomic mass is 10.1. The van der Waals surface area contributed by atoms with E-state index in [-0.39, 0.29) is 37.4 Å². The van der Waals surface area contributed by atoms with Gasteiger partial charge in [0.1, 0.15) is 11.8 Å². The van der Waals surface area contributed by atoms with Crippen molar-refractivity contribution >= 4 is 43.5 Å². The average Bonchev–Trinajstić information content (AvgIpc) is 2.84. The van der Waals surface area contributed by atoms with Gasteiger partial charge in [-0.15, -0.1) is 0 Å². The number of hydrogen-bond acceptors (Lipinski definition) is 5. The van der Waals surface area contributed by atoms with E-state index in [1.165, 1.54) is 4.31 Å². The molecule has 0 aliphatic heterocycles. The number of nitrogens with zero attached hydrogens (tertiary/aromatic N) is 2. The zero-order chi connectivity index (χ0) is 27.6. The van der Waals surface area contributed by atoms with Crippen molar-refractivity contribution < 1.29 is 22.7 Å². The number of carbonyl (C=O) groups is 2. The fourth-order valence-corrected chi connectivity index (χ4v) is 5.17. The summed E-state index contributed by atoms with van der Waals surface area (Å²) in [7, 11) is -3.56. The first kappa shape index (κ1) is 30.6. The van der Waals surface area contributed by atoms with Crippen LogP contribution in [0.5, 0.6) is 5.75 Å². The molecule has 0 heterocycles. The largest absolute Gasteiger partial charge is 0.494 e. The minimum Gasteiger partial charge on any atom is -0.494 e. The van der Waals surface area contributed by atoms with Gasteiger partial charge >= 0.3 is 0 Å². The highest BCUT2D eigenvalue weighted by Crippen LogP contribution is 2.23. The number of hydrogen-bond donors (Lipinski definition) is 1. The number of carbonyl (C=O) groups excluding carboxylic acids is 2. The number of halogens is 1. The van der Waals surface area contributed by atoms with Gasteiger partial charge in [0.25, 0.3) is 0 Å². The Balaban J connectivity index is 2.16. The summed E-state index contributed by atoms with van der Waals surface area (Å²) in [6.07, 6.45) is 2.32. The third kappa shape index (κ3) is 9.66. The van der Waals surface area contributed by atoms with Gasteiger partial charge < -0.3 is 15.0 Å². The topological polar surface area (TPSA) is 96.0 Å². The fraction of sp³-hybridized carbons (Fsp3) is 0.481. The van der Waals surface area contributed by atoms with E-state index < -0.39 is 16.1 Å². The van der Waals surface area contributed by atoms with Crippen LogP contribution in [0.3, 0.4) is 0 Å². The van der Waals surface area contributed by atoms with Crippen LogP contribution in [0.15, 0.2) is 53.0 Å². The molecule has 37 heavy (non-hydrogen) atoms. The second-order valence-electron chi connectivity index (χ2n) is 9.01. The minimum atomic E-state index is -3.56. The molecule has 2 amide bonds. The lowest BCUT2D eigenvalue weighted by Gasteiger charge is -2.30. The van der Waals surface area contributed by atoms with Crippen molar-refractivity contribution in [3.63, 3.8) is 0 Å². The lowest BCUT2D eigenvalue weighted by Crippen LogP contribution is -2.49. The third-order valence-corrected chi connectivity index (χ3v) is 7.69. The highest BCUT2D eigenvalue weighted by molar-refractivity contribution is 9.10. The maximum absolute atomic E-state index is 13.4. The Morgan fingerprint density at radius 2 is 1.76 bits per heavy atom. The van der Waals surface area contributed by atoms with Gasteiger partial charge in [-0.1, -0.05) is 35.0 Å². The predicted octanol–water partition coefficient (Wildman–Crippen LogP) is 4.73. The Hall–Kier alpha value is -2.59. The van der Waals surface area contributed by atoms with Crippen LogP contribution in [0.25, 0.3) is 0 Å². The van der Waals surface area contributed by atoms with E-state index in [2.05, 4.69) is 21.2 Å². The molecular formula is C27H38BrN3O5S. The second kappa shape index (κ2) is 14.4. The van der Waals surface area contributed by atoms with Gasteiger partial charge in [-0.25, -0.2) is 8.42 Å². The van der Waals surface area contributed by atoms with Crippen LogP contribution in [0.1, 0.15) is 52.5 Å². The van der Waals surface area contributed by atoms with Crippen molar-refractivity contribution in [3.8, 4) is 5.75 Å². The van der Waals surface area contributed by atoms with Crippen LogP contribution in [-0.2, 0) is 26.2 Å². The Labute approximate surface area is 229 Å². The number of amides is 2. The van der Waals surface area contributed by atoms with E-state index in [1.807, 2.05) is 45.0 Å². The zero-order valence-electron chi connectivity index (χ0n) is 22.2. The SMILES string of the molecule is CCOc1ccc(N(CCCC(=O)N(Cc2cccc(Br)c2)C(C)C(=O)NC(C)CC)S(C)(=O)=O)cc1. The molecule has 0 saturated carbocycles. The summed E-state index contributed by atoms with van der Waals surface area (Å²) < 4.78 is 32.6. The van der Waals surface area contributed by atoms with Gasteiger partial charge in [-0.2, -0.15) is 0 Å². The van der Waals surface area contributed by atoms with Crippen LogP contribution < -0.4 is 14.4 Å². The van der Waals surface area contributed by atoms with Crippen molar-refractivity contribution in [3.05, 3.63) is 58.6 Å². The number of rotatable bonds is 14. The Morgan fingerprint density at radius 1 is 1.08 bits per heavy atom. The lowest BCUT2D eigenvalue weighted by molar-refractivity contribution is -0.140. The van der Waals surface area contributed by atoms with Crippen molar-refractivity contribution in [1.29, 1.82) is 0 Å². The summed E-state index contributed by atoms with van der Waals surface area (Å²) in [5.41, 5.74) is 1.39. The van der Waals surface area contributed by atoms with Gasteiger partial charge in [0.15, 0.2) is 0 Å². The number of anilines is 1. The summed E-state index contributed by atoms with van der Waals surface area (Å²) in [6.45, 7) is 8.42. The Kier molecular flexibility index (Phi) is 11.9. The Bertz CT molecular complexity index is 1140. The molecule has 0 radical (unpaired) electrons. The molecule has 2 unspecified atom stereocenters. The molecular weight excluding hydrogens is 558 g/mol. The highest BCUT2D eigenvalue weighted by Gasteiger charge is 2.27.